The lowest BCUT2D eigenvalue weighted by Gasteiger charge is -2.19. The number of Topliss-reactive ketones (excluding diaryl/α,β-unsaturated/α-hetero) is 1. The molecule has 1 aliphatic rings. The monoisotopic (exact) mass is 446 g/mol. The van der Waals surface area contributed by atoms with Crippen LogP contribution in [0.1, 0.15) is 67.2 Å². The Morgan fingerprint density at radius 1 is 1.00 bits per heavy atom. The van der Waals surface area contributed by atoms with Crippen molar-refractivity contribution < 1.29 is 33.8 Å². The number of rotatable bonds is 10. The Bertz CT molecular complexity index is 900. The molecule has 0 unspecified atom stereocenters. The van der Waals surface area contributed by atoms with Crippen molar-refractivity contribution in [3.8, 4) is 5.75 Å². The molecule has 0 spiro atoms. The summed E-state index contributed by atoms with van der Waals surface area (Å²) in [7, 11) is 0. The summed E-state index contributed by atoms with van der Waals surface area (Å²) < 4.78 is 10.4. The third-order valence-corrected chi connectivity index (χ3v) is 4.47. The molecule has 0 aromatic heterocycles. The molecule has 0 bridgehead atoms. The molecule has 32 heavy (non-hydrogen) atoms. The molecule has 9 nitrogen and oxygen atoms in total. The number of hydrogen-bond donors (Lipinski definition) is 3. The van der Waals surface area contributed by atoms with Crippen LogP contribution in [0, 0.1) is 0 Å². The average molecular weight is 447 g/mol. The van der Waals surface area contributed by atoms with Crippen LogP contribution < -0.4 is 10.6 Å². The fourth-order valence-electron chi connectivity index (χ4n) is 3.02. The van der Waals surface area contributed by atoms with E-state index in [9.17, 15) is 24.3 Å². The number of ether oxygens (including phenoxy) is 2. The quantitative estimate of drug-likeness (QED) is 0.471. The average Bonchev–Trinajstić information content (AvgIpc) is 2.70. The van der Waals surface area contributed by atoms with Gasteiger partial charge >= 0.3 is 6.09 Å². The van der Waals surface area contributed by atoms with E-state index in [0.29, 0.717) is 13.1 Å². The first-order chi connectivity index (χ1) is 15.1. The zero-order chi connectivity index (χ0) is 23.7. The van der Waals surface area contributed by atoms with Gasteiger partial charge < -0.3 is 25.2 Å². The van der Waals surface area contributed by atoms with Crippen LogP contribution in [-0.4, -0.2) is 54.0 Å². The molecule has 0 fully saturated rings. The molecule has 0 saturated heterocycles. The van der Waals surface area contributed by atoms with E-state index in [2.05, 4.69) is 10.6 Å². The summed E-state index contributed by atoms with van der Waals surface area (Å²) in [5.41, 5.74) is -0.528. The van der Waals surface area contributed by atoms with Crippen LogP contribution in [0.15, 0.2) is 30.0 Å². The van der Waals surface area contributed by atoms with Gasteiger partial charge in [0.25, 0.3) is 5.91 Å². The number of carbonyl (C=O) groups excluding carboxylic acids is 4. The molecule has 1 aromatic rings. The number of alkyl carbamates (subject to hydrolysis) is 1. The van der Waals surface area contributed by atoms with E-state index in [1.165, 1.54) is 18.2 Å². The standard InChI is InChI=1S/C23H30N2O7/c1-23(2,3)32-22(30)25-12-7-5-4-6-11-24-19(28)14-31-18-13-17(27)20-15(21(18)29)9-8-10-16(20)26/h8-10,13,26H,4-7,11-12,14H2,1-3H3,(H,24,28)(H,25,30). The maximum Gasteiger partial charge on any atom is 0.407 e. The number of aromatic hydroxyl groups is 1. The number of ketones is 2. The van der Waals surface area contributed by atoms with Crippen molar-refractivity contribution in [3.05, 3.63) is 41.2 Å². The van der Waals surface area contributed by atoms with Crippen molar-refractivity contribution >= 4 is 23.6 Å². The Hall–Kier alpha value is -3.36. The van der Waals surface area contributed by atoms with E-state index in [-0.39, 0.29) is 22.6 Å². The van der Waals surface area contributed by atoms with Gasteiger partial charge in [0.2, 0.25) is 5.78 Å². The molecule has 9 heteroatoms. The van der Waals surface area contributed by atoms with Gasteiger partial charge in [0, 0.05) is 24.7 Å². The summed E-state index contributed by atoms with van der Waals surface area (Å²) in [5, 5.41) is 15.2. The first-order valence-corrected chi connectivity index (χ1v) is 10.6. The summed E-state index contributed by atoms with van der Waals surface area (Å²) >= 11 is 0. The lowest BCUT2D eigenvalue weighted by atomic mass is 9.93. The van der Waals surface area contributed by atoms with Crippen molar-refractivity contribution in [3.63, 3.8) is 0 Å². The van der Waals surface area contributed by atoms with Gasteiger partial charge in [-0.05, 0) is 45.7 Å². The van der Waals surface area contributed by atoms with Crippen LogP contribution in [0.5, 0.6) is 5.75 Å². The molecule has 0 radical (unpaired) electrons. The summed E-state index contributed by atoms with van der Waals surface area (Å²) in [6, 6.07) is 4.21. The molecular weight excluding hydrogens is 416 g/mol. The second-order valence-electron chi connectivity index (χ2n) is 8.38. The number of amides is 2. The van der Waals surface area contributed by atoms with Gasteiger partial charge in [-0.15, -0.1) is 0 Å². The van der Waals surface area contributed by atoms with E-state index in [4.69, 9.17) is 9.47 Å². The minimum absolute atomic E-state index is 0.0501. The molecule has 0 saturated carbocycles. The van der Waals surface area contributed by atoms with Gasteiger partial charge in [0.1, 0.15) is 11.4 Å². The van der Waals surface area contributed by atoms with Gasteiger partial charge in [-0.2, -0.15) is 0 Å². The highest BCUT2D eigenvalue weighted by Gasteiger charge is 2.29. The number of hydrogen-bond acceptors (Lipinski definition) is 7. The lowest BCUT2D eigenvalue weighted by molar-refractivity contribution is -0.124. The van der Waals surface area contributed by atoms with Crippen LogP contribution in [0.25, 0.3) is 0 Å². The highest BCUT2D eigenvalue weighted by Crippen LogP contribution is 2.28. The number of unbranched alkanes of at least 4 members (excludes halogenated alkanes) is 3. The molecule has 174 valence electrons. The molecule has 1 aromatic carbocycles. The maximum atomic E-state index is 12.4. The van der Waals surface area contributed by atoms with E-state index in [1.54, 1.807) is 20.8 Å². The molecule has 2 rings (SSSR count). The number of benzene rings is 1. The second kappa shape index (κ2) is 11.3. The van der Waals surface area contributed by atoms with Crippen molar-refractivity contribution in [2.24, 2.45) is 0 Å². The molecular formula is C23H30N2O7. The molecule has 0 heterocycles. The Morgan fingerprint density at radius 2 is 1.66 bits per heavy atom. The zero-order valence-electron chi connectivity index (χ0n) is 18.7. The van der Waals surface area contributed by atoms with Crippen LogP contribution in [0.4, 0.5) is 4.79 Å². The van der Waals surface area contributed by atoms with Gasteiger partial charge in [-0.3, -0.25) is 14.4 Å². The Labute approximate surface area is 187 Å². The van der Waals surface area contributed by atoms with E-state index < -0.39 is 35.8 Å². The largest absolute Gasteiger partial charge is 0.507 e. The zero-order valence-corrected chi connectivity index (χ0v) is 18.7. The second-order valence-corrected chi connectivity index (χ2v) is 8.38. The summed E-state index contributed by atoms with van der Waals surface area (Å²) in [6.45, 7) is 6.00. The van der Waals surface area contributed by atoms with Crippen molar-refractivity contribution in [2.75, 3.05) is 19.7 Å². The van der Waals surface area contributed by atoms with Crippen LogP contribution in [0.2, 0.25) is 0 Å². The molecule has 0 atom stereocenters. The van der Waals surface area contributed by atoms with Gasteiger partial charge in [-0.25, -0.2) is 4.79 Å². The minimum Gasteiger partial charge on any atom is -0.507 e. The van der Waals surface area contributed by atoms with Crippen molar-refractivity contribution in [2.45, 2.75) is 52.1 Å². The van der Waals surface area contributed by atoms with Gasteiger partial charge in [-0.1, -0.05) is 18.9 Å². The number of allylic oxidation sites excluding steroid dienone is 2. The molecule has 2 amide bonds. The summed E-state index contributed by atoms with van der Waals surface area (Å²) in [4.78, 5) is 48.0. The van der Waals surface area contributed by atoms with Crippen molar-refractivity contribution in [1.82, 2.24) is 10.6 Å². The van der Waals surface area contributed by atoms with E-state index >= 15 is 0 Å². The van der Waals surface area contributed by atoms with E-state index in [1.807, 2.05) is 0 Å². The smallest absolute Gasteiger partial charge is 0.407 e. The van der Waals surface area contributed by atoms with Crippen LogP contribution in [-0.2, 0) is 14.3 Å². The van der Waals surface area contributed by atoms with Crippen molar-refractivity contribution in [1.29, 1.82) is 0 Å². The number of phenolic OH excluding ortho intramolecular Hbond substituents is 1. The van der Waals surface area contributed by atoms with Gasteiger partial charge in [0.05, 0.1) is 5.56 Å². The fourth-order valence-corrected chi connectivity index (χ4v) is 3.02. The maximum absolute atomic E-state index is 12.4. The topological polar surface area (TPSA) is 131 Å². The van der Waals surface area contributed by atoms with Crippen LogP contribution >= 0.6 is 0 Å². The predicted octanol–water partition coefficient (Wildman–Crippen LogP) is 2.87. The SMILES string of the molecule is CC(C)(C)OC(=O)NCCCCCCNC(=O)COC1=CC(=O)c2c(O)cccc2C1=O. The molecule has 1 aliphatic carbocycles. The van der Waals surface area contributed by atoms with Crippen LogP contribution in [0.3, 0.4) is 0 Å². The van der Waals surface area contributed by atoms with Gasteiger partial charge in [0.15, 0.2) is 18.1 Å². The number of nitrogens with one attached hydrogen (secondary N) is 2. The fraction of sp³-hybridized carbons (Fsp3) is 0.478. The predicted molar refractivity (Wildman–Crippen MR) is 117 cm³/mol. The lowest BCUT2D eigenvalue weighted by Crippen LogP contribution is -2.33. The highest BCUT2D eigenvalue weighted by molar-refractivity contribution is 6.24. The summed E-state index contributed by atoms with van der Waals surface area (Å²) in [5.74, 6) is -1.99. The third kappa shape index (κ3) is 7.72. The normalized spacial score (nSPS) is 13.2. The Balaban J connectivity index is 1.59. The minimum atomic E-state index is -0.553. The molecule has 0 aliphatic heterocycles. The summed E-state index contributed by atoms with van der Waals surface area (Å²) in [6.07, 6.45) is 3.87. The number of carbonyl (C=O) groups is 4. The third-order valence-electron chi connectivity index (χ3n) is 4.47. The first kappa shape index (κ1) is 24.9. The molecule has 3 N–H and O–H groups in total. The highest BCUT2D eigenvalue weighted by atomic mass is 16.6. The Kier molecular flexibility index (Phi) is 8.80. The number of phenols is 1. The number of fused-ring (bicyclic) bond motifs is 1. The van der Waals surface area contributed by atoms with E-state index in [0.717, 1.165) is 31.8 Å². The first-order valence-electron chi connectivity index (χ1n) is 10.6. The Morgan fingerprint density at radius 3 is 2.31 bits per heavy atom.